The monoisotopic (exact) mass is 395 g/mol. The predicted octanol–water partition coefficient (Wildman–Crippen LogP) is -0.0959. The highest BCUT2D eigenvalue weighted by molar-refractivity contribution is 7.90. The number of sulfonamides is 1. The number of amides is 1. The van der Waals surface area contributed by atoms with Crippen LogP contribution >= 0.6 is 0 Å². The van der Waals surface area contributed by atoms with E-state index in [-0.39, 0.29) is 35.5 Å². The van der Waals surface area contributed by atoms with Crippen LogP contribution in [0.2, 0.25) is 0 Å². The van der Waals surface area contributed by atoms with Crippen LogP contribution in [0.5, 0.6) is 0 Å². The van der Waals surface area contributed by atoms with Gasteiger partial charge in [0, 0.05) is 18.7 Å². The topological polar surface area (TPSA) is 114 Å². The molecule has 0 bridgehead atoms. The summed E-state index contributed by atoms with van der Waals surface area (Å²) in [7, 11) is -3.66. The van der Waals surface area contributed by atoms with Crippen LogP contribution in [0.15, 0.2) is 34.2 Å². The number of benzene rings is 1. The molecule has 2 aliphatic heterocycles. The Morgan fingerprint density at radius 1 is 1.26 bits per heavy atom. The lowest BCUT2D eigenvalue weighted by molar-refractivity contribution is -0.156. The number of rotatable bonds is 4. The van der Waals surface area contributed by atoms with E-state index in [1.807, 2.05) is 13.8 Å². The fourth-order valence-electron chi connectivity index (χ4n) is 3.06. The lowest BCUT2D eigenvalue weighted by Gasteiger charge is -2.35. The molecule has 0 aromatic heterocycles. The number of hydrogen-bond acceptors (Lipinski definition) is 7. The molecule has 2 aliphatic rings. The van der Waals surface area contributed by atoms with Crippen LogP contribution in [0.4, 0.5) is 0 Å². The van der Waals surface area contributed by atoms with Gasteiger partial charge in [-0.3, -0.25) is 19.3 Å². The Balaban J connectivity index is 1.55. The number of fused-ring (bicyclic) bond motifs is 1. The van der Waals surface area contributed by atoms with Crippen molar-refractivity contribution in [3.63, 3.8) is 0 Å². The van der Waals surface area contributed by atoms with Crippen molar-refractivity contribution in [2.45, 2.75) is 31.0 Å². The van der Waals surface area contributed by atoms with E-state index in [1.165, 1.54) is 6.07 Å². The largest absolute Gasteiger partial charge is 0.454 e. The van der Waals surface area contributed by atoms with Crippen molar-refractivity contribution < 1.29 is 27.5 Å². The van der Waals surface area contributed by atoms with E-state index >= 15 is 0 Å². The first-order valence-electron chi connectivity index (χ1n) is 8.52. The molecule has 2 atom stereocenters. The number of carbonyl (C=O) groups is 2. The second-order valence-electron chi connectivity index (χ2n) is 6.48. The van der Waals surface area contributed by atoms with Gasteiger partial charge in [-0.15, -0.1) is 0 Å². The number of morpholine rings is 1. The van der Waals surface area contributed by atoms with E-state index in [0.717, 1.165) is 0 Å². The van der Waals surface area contributed by atoms with Gasteiger partial charge in [-0.2, -0.15) is 0 Å². The fourth-order valence-corrected chi connectivity index (χ4v) is 4.31. The molecule has 10 heteroatoms. The summed E-state index contributed by atoms with van der Waals surface area (Å²) in [5, 5.41) is 0. The molecule has 27 heavy (non-hydrogen) atoms. The van der Waals surface area contributed by atoms with Crippen molar-refractivity contribution in [1.29, 1.82) is 0 Å². The molecule has 0 unspecified atom stereocenters. The number of ether oxygens (including phenoxy) is 2. The first-order chi connectivity index (χ1) is 12.8. The Kier molecular flexibility index (Phi) is 5.47. The maximum absolute atomic E-state index is 12.2. The Hall–Kier alpha value is -2.46. The smallest absolute Gasteiger partial charge is 0.328 e. The number of nitrogens with zero attached hydrogens (tertiary/aromatic N) is 2. The molecular weight excluding hydrogens is 374 g/mol. The first-order valence-corrected chi connectivity index (χ1v) is 10.00. The Bertz CT molecular complexity index is 872. The van der Waals surface area contributed by atoms with Crippen molar-refractivity contribution in [3.8, 4) is 0 Å². The minimum Gasteiger partial charge on any atom is -0.454 e. The van der Waals surface area contributed by atoms with E-state index in [0.29, 0.717) is 18.7 Å². The van der Waals surface area contributed by atoms with Crippen molar-refractivity contribution >= 4 is 27.7 Å². The lowest BCUT2D eigenvalue weighted by Crippen LogP contribution is -2.49. The maximum atomic E-state index is 12.2. The van der Waals surface area contributed by atoms with Crippen LogP contribution < -0.4 is 4.72 Å². The molecule has 2 heterocycles. The van der Waals surface area contributed by atoms with Crippen LogP contribution in [-0.4, -0.2) is 69.5 Å². The molecule has 3 rings (SSSR count). The van der Waals surface area contributed by atoms with Gasteiger partial charge in [0.05, 0.1) is 17.1 Å². The summed E-state index contributed by atoms with van der Waals surface area (Å²) >= 11 is 0. The van der Waals surface area contributed by atoms with Crippen molar-refractivity contribution in [2.75, 3.05) is 26.2 Å². The highest BCUT2D eigenvalue weighted by atomic mass is 32.2. The molecule has 0 saturated carbocycles. The minimum absolute atomic E-state index is 0.0738. The Morgan fingerprint density at radius 2 is 1.93 bits per heavy atom. The summed E-state index contributed by atoms with van der Waals surface area (Å²) in [4.78, 5) is 29.7. The Labute approximate surface area is 157 Å². The summed E-state index contributed by atoms with van der Waals surface area (Å²) in [6.07, 6.45) is -0.148. The molecule has 1 amide bonds. The number of hydrogen-bond donors (Lipinski definition) is 1. The molecular formula is C17H21N3O6S. The minimum atomic E-state index is -3.66. The van der Waals surface area contributed by atoms with E-state index < -0.39 is 22.5 Å². The molecule has 146 valence electrons. The van der Waals surface area contributed by atoms with Gasteiger partial charge in [-0.05, 0) is 26.0 Å². The van der Waals surface area contributed by atoms with Gasteiger partial charge in [0.25, 0.3) is 15.9 Å². The maximum Gasteiger partial charge on any atom is 0.328 e. The highest BCUT2D eigenvalue weighted by Crippen LogP contribution is 2.22. The third kappa shape index (κ3) is 4.45. The van der Waals surface area contributed by atoms with Crippen LogP contribution in [0.1, 0.15) is 19.4 Å². The van der Waals surface area contributed by atoms with Crippen LogP contribution in [-0.2, 0) is 29.1 Å². The van der Waals surface area contributed by atoms with Gasteiger partial charge in [0.1, 0.15) is 12.4 Å². The van der Waals surface area contributed by atoms with Gasteiger partial charge in [0.15, 0.2) is 6.61 Å². The Morgan fingerprint density at radius 3 is 2.63 bits per heavy atom. The van der Waals surface area contributed by atoms with Crippen LogP contribution in [0.25, 0.3) is 0 Å². The number of carbonyl (C=O) groups excluding carboxylic acids is 2. The average molecular weight is 395 g/mol. The molecule has 1 aromatic rings. The highest BCUT2D eigenvalue weighted by Gasteiger charge is 2.30. The summed E-state index contributed by atoms with van der Waals surface area (Å²) < 4.78 is 36.8. The molecule has 0 spiro atoms. The van der Waals surface area contributed by atoms with E-state index in [9.17, 15) is 18.0 Å². The van der Waals surface area contributed by atoms with Crippen molar-refractivity contribution in [1.82, 2.24) is 9.62 Å². The number of esters is 1. The van der Waals surface area contributed by atoms with Gasteiger partial charge in [-0.1, -0.05) is 12.1 Å². The fraction of sp³-hybridized carbons (Fsp3) is 0.471. The van der Waals surface area contributed by atoms with E-state index in [2.05, 4.69) is 9.71 Å². The van der Waals surface area contributed by atoms with Crippen molar-refractivity contribution in [3.05, 3.63) is 29.8 Å². The average Bonchev–Trinajstić information content (AvgIpc) is 2.88. The third-order valence-electron chi connectivity index (χ3n) is 4.16. The standard InChI is InChI=1S/C17H21N3O6S/c1-11-8-20(9-12(2)26-11)15(21)10-25-16(22)7-18-17-13-5-3-4-6-14(13)27(23,24)19-17/h3-6,11-12H,7-10H2,1-2H3,(H,18,19)/t11-,12-/m0/s1. The van der Waals surface area contributed by atoms with Crippen molar-refractivity contribution in [2.24, 2.45) is 4.99 Å². The summed E-state index contributed by atoms with van der Waals surface area (Å²) in [5.41, 5.74) is 0.401. The molecule has 1 fully saturated rings. The zero-order chi connectivity index (χ0) is 19.6. The van der Waals surface area contributed by atoms with E-state index in [4.69, 9.17) is 9.47 Å². The molecule has 0 aliphatic carbocycles. The number of amidine groups is 1. The third-order valence-corrected chi connectivity index (χ3v) is 5.56. The molecule has 1 saturated heterocycles. The summed E-state index contributed by atoms with van der Waals surface area (Å²) in [6, 6.07) is 6.34. The lowest BCUT2D eigenvalue weighted by atomic mass is 10.2. The SMILES string of the molecule is C[C@H]1CN(C(=O)COC(=O)CN=C2NS(=O)(=O)c3ccccc32)C[C@H](C)O1. The normalized spacial score (nSPS) is 25.0. The summed E-state index contributed by atoms with van der Waals surface area (Å²) in [5.74, 6) is -0.927. The molecule has 0 radical (unpaired) electrons. The van der Waals surface area contributed by atoms with Crippen LogP contribution in [0, 0.1) is 0 Å². The number of aliphatic imine (C=N–C) groups is 1. The zero-order valence-corrected chi connectivity index (χ0v) is 15.9. The second kappa shape index (κ2) is 7.65. The predicted molar refractivity (Wildman–Crippen MR) is 95.7 cm³/mol. The molecule has 9 nitrogen and oxygen atoms in total. The van der Waals surface area contributed by atoms with Crippen LogP contribution in [0.3, 0.4) is 0 Å². The first kappa shape index (κ1) is 19.3. The zero-order valence-electron chi connectivity index (χ0n) is 15.0. The molecule has 1 aromatic carbocycles. The van der Waals surface area contributed by atoms with E-state index in [1.54, 1.807) is 23.1 Å². The van der Waals surface area contributed by atoms with Gasteiger partial charge in [0.2, 0.25) is 0 Å². The number of nitrogens with one attached hydrogen (secondary N) is 1. The quantitative estimate of drug-likeness (QED) is 0.713. The second-order valence-corrected chi connectivity index (χ2v) is 8.13. The van der Waals surface area contributed by atoms with Gasteiger partial charge in [-0.25, -0.2) is 8.42 Å². The summed E-state index contributed by atoms with van der Waals surface area (Å²) in [6.45, 7) is 3.86. The van der Waals surface area contributed by atoms with Gasteiger partial charge >= 0.3 is 5.97 Å². The van der Waals surface area contributed by atoms with Gasteiger partial charge < -0.3 is 14.4 Å². The molecule has 1 N–H and O–H groups in total.